The molecule has 5 rings (SSSR count). The third-order valence-corrected chi connectivity index (χ3v) is 6.56. The van der Waals surface area contributed by atoms with Gasteiger partial charge in [-0.15, -0.1) is 13.2 Å². The van der Waals surface area contributed by atoms with Gasteiger partial charge in [0.1, 0.15) is 11.3 Å². The molecule has 36 heavy (non-hydrogen) atoms. The van der Waals surface area contributed by atoms with Gasteiger partial charge >= 0.3 is 12.4 Å². The molecule has 0 bridgehead atoms. The summed E-state index contributed by atoms with van der Waals surface area (Å²) in [5.74, 6) is -0.434. The van der Waals surface area contributed by atoms with Crippen LogP contribution in [0.25, 0.3) is 11.0 Å². The topological polar surface area (TPSA) is 84.2 Å². The van der Waals surface area contributed by atoms with E-state index in [1.807, 2.05) is 6.07 Å². The fraction of sp³-hybridized carbons (Fsp3) is 0.360. The van der Waals surface area contributed by atoms with Gasteiger partial charge in [-0.2, -0.15) is 0 Å². The second kappa shape index (κ2) is 9.38. The van der Waals surface area contributed by atoms with Gasteiger partial charge in [-0.3, -0.25) is 4.79 Å². The van der Waals surface area contributed by atoms with E-state index in [-0.39, 0.29) is 17.7 Å². The van der Waals surface area contributed by atoms with Crippen molar-refractivity contribution in [2.45, 2.75) is 24.8 Å². The van der Waals surface area contributed by atoms with Crippen LogP contribution < -0.4 is 10.1 Å². The standard InChI is InChI=1S/C25H24F3N3O5/c26-25(27,28)36-18-6-4-17(5-7-18)29-23(33)31-13-15-35-24(16-31)9-11-30(12-10-24)22(32)20-2-1-3-21-19(20)8-14-34-21/h1-8,14H,9-13,15-16H2,(H,29,33). The number of hydrogen-bond donors (Lipinski definition) is 1. The predicted molar refractivity (Wildman–Crippen MR) is 124 cm³/mol. The third-order valence-electron chi connectivity index (χ3n) is 6.56. The molecule has 2 aliphatic rings. The Bertz CT molecular complexity index is 1250. The van der Waals surface area contributed by atoms with Gasteiger partial charge in [-0.25, -0.2) is 4.79 Å². The first-order chi connectivity index (χ1) is 17.2. The number of likely N-dealkylation sites (tertiary alicyclic amines) is 1. The van der Waals surface area contributed by atoms with Crippen molar-refractivity contribution in [3.05, 3.63) is 60.4 Å². The van der Waals surface area contributed by atoms with Crippen molar-refractivity contribution in [3.63, 3.8) is 0 Å². The number of rotatable bonds is 3. The zero-order chi connectivity index (χ0) is 25.3. The van der Waals surface area contributed by atoms with Crippen molar-refractivity contribution in [1.29, 1.82) is 0 Å². The highest BCUT2D eigenvalue weighted by atomic mass is 19.4. The maximum atomic E-state index is 13.2. The van der Waals surface area contributed by atoms with Crippen LogP contribution in [0.3, 0.4) is 0 Å². The highest BCUT2D eigenvalue weighted by Crippen LogP contribution is 2.32. The molecular formula is C25H24F3N3O5. The van der Waals surface area contributed by atoms with Crippen molar-refractivity contribution < 1.29 is 36.7 Å². The summed E-state index contributed by atoms with van der Waals surface area (Å²) in [6.45, 7) is 2.07. The molecule has 1 spiro atoms. The van der Waals surface area contributed by atoms with E-state index in [4.69, 9.17) is 9.15 Å². The Morgan fingerprint density at radius 3 is 2.44 bits per heavy atom. The van der Waals surface area contributed by atoms with Crippen LogP contribution in [0.5, 0.6) is 5.75 Å². The fourth-order valence-electron chi connectivity index (χ4n) is 4.73. The lowest BCUT2D eigenvalue weighted by atomic mass is 9.89. The van der Waals surface area contributed by atoms with Crippen LogP contribution in [0.1, 0.15) is 23.2 Å². The lowest BCUT2D eigenvalue weighted by Crippen LogP contribution is -2.59. The van der Waals surface area contributed by atoms with Crippen LogP contribution in [0.4, 0.5) is 23.7 Å². The molecule has 8 nitrogen and oxygen atoms in total. The summed E-state index contributed by atoms with van der Waals surface area (Å²) in [5.41, 5.74) is 1.05. The molecule has 3 heterocycles. The van der Waals surface area contributed by atoms with Crippen molar-refractivity contribution in [2.24, 2.45) is 0 Å². The number of urea groups is 1. The molecule has 3 aromatic rings. The number of fused-ring (bicyclic) bond motifs is 1. The van der Waals surface area contributed by atoms with E-state index < -0.39 is 12.0 Å². The van der Waals surface area contributed by atoms with Crippen LogP contribution in [0.2, 0.25) is 0 Å². The summed E-state index contributed by atoms with van der Waals surface area (Å²) in [7, 11) is 0. The van der Waals surface area contributed by atoms with Gasteiger partial charge < -0.3 is 29.0 Å². The Kier molecular flexibility index (Phi) is 6.25. The second-order valence-electron chi connectivity index (χ2n) is 8.89. The Morgan fingerprint density at radius 2 is 1.72 bits per heavy atom. The first-order valence-electron chi connectivity index (χ1n) is 11.5. The minimum absolute atomic E-state index is 0.0693. The molecule has 0 aliphatic carbocycles. The number of ether oxygens (including phenoxy) is 2. The maximum absolute atomic E-state index is 13.2. The molecule has 3 amide bonds. The van der Waals surface area contributed by atoms with Crippen LogP contribution >= 0.6 is 0 Å². The minimum Gasteiger partial charge on any atom is -0.464 e. The number of amides is 3. The highest BCUT2D eigenvalue weighted by Gasteiger charge is 2.42. The van der Waals surface area contributed by atoms with Gasteiger partial charge in [0.2, 0.25) is 0 Å². The van der Waals surface area contributed by atoms with Crippen molar-refractivity contribution in [3.8, 4) is 5.75 Å². The number of furan rings is 1. The quantitative estimate of drug-likeness (QED) is 0.551. The smallest absolute Gasteiger partial charge is 0.464 e. The lowest BCUT2D eigenvalue weighted by Gasteiger charge is -2.47. The SMILES string of the molecule is O=C(Nc1ccc(OC(F)(F)F)cc1)N1CCOC2(CCN(C(=O)c3cccc4occc34)CC2)C1. The van der Waals surface area contributed by atoms with E-state index in [1.165, 1.54) is 12.1 Å². The zero-order valence-electron chi connectivity index (χ0n) is 19.2. The Balaban J connectivity index is 1.18. The van der Waals surface area contributed by atoms with Gasteiger partial charge in [0.25, 0.3) is 5.91 Å². The molecule has 2 saturated heterocycles. The summed E-state index contributed by atoms with van der Waals surface area (Å²) in [6, 6.07) is 11.8. The van der Waals surface area contributed by atoms with E-state index in [0.717, 1.165) is 17.5 Å². The normalized spacial score (nSPS) is 17.9. The van der Waals surface area contributed by atoms with Crippen molar-refractivity contribution in [2.75, 3.05) is 38.1 Å². The number of nitrogens with one attached hydrogen (secondary N) is 1. The molecule has 2 fully saturated rings. The summed E-state index contributed by atoms with van der Waals surface area (Å²) in [6.07, 6.45) is -2.06. The molecule has 190 valence electrons. The first-order valence-corrected chi connectivity index (χ1v) is 11.5. The summed E-state index contributed by atoms with van der Waals surface area (Å²) in [4.78, 5) is 29.4. The van der Waals surface area contributed by atoms with Crippen LogP contribution in [0, 0.1) is 0 Å². The summed E-state index contributed by atoms with van der Waals surface area (Å²) < 4.78 is 52.4. The number of piperidine rings is 1. The zero-order valence-corrected chi connectivity index (χ0v) is 19.2. The number of hydrogen-bond acceptors (Lipinski definition) is 5. The largest absolute Gasteiger partial charge is 0.573 e. The first kappa shape index (κ1) is 24.0. The van der Waals surface area contributed by atoms with Crippen LogP contribution in [-0.2, 0) is 4.74 Å². The third kappa shape index (κ3) is 5.11. The average Bonchev–Trinajstić information content (AvgIpc) is 3.34. The van der Waals surface area contributed by atoms with E-state index in [2.05, 4.69) is 10.1 Å². The number of alkyl halides is 3. The average molecular weight is 503 g/mol. The predicted octanol–water partition coefficient (Wildman–Crippen LogP) is 4.87. The Hall–Kier alpha value is -3.73. The summed E-state index contributed by atoms with van der Waals surface area (Å²) >= 11 is 0. The van der Waals surface area contributed by atoms with Gasteiger partial charge in [0.15, 0.2) is 0 Å². The van der Waals surface area contributed by atoms with E-state index >= 15 is 0 Å². The molecule has 0 atom stereocenters. The minimum atomic E-state index is -4.78. The second-order valence-corrected chi connectivity index (χ2v) is 8.89. The maximum Gasteiger partial charge on any atom is 0.573 e. The molecule has 0 saturated carbocycles. The van der Waals surface area contributed by atoms with E-state index in [0.29, 0.717) is 62.5 Å². The lowest BCUT2D eigenvalue weighted by molar-refractivity contribution is -0.274. The van der Waals surface area contributed by atoms with E-state index in [1.54, 1.807) is 34.3 Å². The highest BCUT2D eigenvalue weighted by molar-refractivity contribution is 6.05. The monoisotopic (exact) mass is 503 g/mol. The number of morpholine rings is 1. The van der Waals surface area contributed by atoms with Gasteiger partial charge in [-0.05, 0) is 55.3 Å². The van der Waals surface area contributed by atoms with Gasteiger partial charge in [0, 0.05) is 30.7 Å². The van der Waals surface area contributed by atoms with Crippen molar-refractivity contribution in [1.82, 2.24) is 9.80 Å². The molecule has 0 unspecified atom stereocenters. The Labute approximate surface area is 204 Å². The van der Waals surface area contributed by atoms with Crippen LogP contribution in [-0.4, -0.2) is 66.5 Å². The van der Waals surface area contributed by atoms with Gasteiger partial charge in [-0.1, -0.05) is 6.07 Å². The fourth-order valence-corrected chi connectivity index (χ4v) is 4.73. The summed E-state index contributed by atoms with van der Waals surface area (Å²) in [5, 5.41) is 3.48. The van der Waals surface area contributed by atoms with Crippen LogP contribution in [0.15, 0.2) is 59.2 Å². The number of carbonyl (C=O) groups excluding carboxylic acids is 2. The molecule has 2 aromatic carbocycles. The van der Waals surface area contributed by atoms with Gasteiger partial charge in [0.05, 0.1) is 30.6 Å². The van der Waals surface area contributed by atoms with E-state index in [9.17, 15) is 22.8 Å². The molecule has 2 aliphatic heterocycles. The molecule has 1 N–H and O–H groups in total. The number of anilines is 1. The number of nitrogens with zero attached hydrogens (tertiary/aromatic N) is 2. The number of halogens is 3. The molecule has 11 heteroatoms. The molecular weight excluding hydrogens is 479 g/mol. The molecule has 0 radical (unpaired) electrons. The van der Waals surface area contributed by atoms with Crippen molar-refractivity contribution >= 4 is 28.6 Å². The Morgan fingerprint density at radius 1 is 0.972 bits per heavy atom. The number of benzene rings is 2. The molecule has 1 aromatic heterocycles. The number of carbonyl (C=O) groups is 2.